The molecule has 2 saturated carbocycles. The molecule has 4 heterocycles. The highest BCUT2D eigenvalue weighted by atomic mass is 16.5. The molecule has 3 nitrogen and oxygen atoms in total. The van der Waals surface area contributed by atoms with Gasteiger partial charge in [0.2, 0.25) is 0 Å². The summed E-state index contributed by atoms with van der Waals surface area (Å²) in [6.45, 7) is 6.37. The molecule has 118 valence electrons. The molecule has 0 N–H and O–H groups in total. The summed E-state index contributed by atoms with van der Waals surface area (Å²) < 4.78 is 6.32. The standard InChI is InChI=1S/C20H22N2O/c1-3-19-11-22(2)16-9-20(19)13-6-4-5-7-15(13)21-18(20)17-8-14(19)12(16)10-23-17/h3-7,12,14,16-17H,1,8-11H2,2H3/t12-,14+,16+,17+,19-,20+/m0/s1. The maximum Gasteiger partial charge on any atom is 0.0968 e. The molecule has 23 heavy (non-hydrogen) atoms. The van der Waals surface area contributed by atoms with Crippen LogP contribution in [0.3, 0.4) is 0 Å². The average molecular weight is 306 g/mol. The molecule has 2 aliphatic carbocycles. The summed E-state index contributed by atoms with van der Waals surface area (Å²) in [5, 5.41) is 0. The minimum Gasteiger partial charge on any atom is -0.372 e. The molecule has 0 aromatic heterocycles. The number of rotatable bonds is 1. The number of ether oxygens (including phenoxy) is 1. The number of aliphatic imine (C=N–C) groups is 1. The van der Waals surface area contributed by atoms with Gasteiger partial charge in [0.25, 0.3) is 0 Å². The number of benzene rings is 1. The Labute approximate surface area is 137 Å². The lowest BCUT2D eigenvalue weighted by molar-refractivity contribution is -0.190. The van der Waals surface area contributed by atoms with Crippen molar-refractivity contribution in [2.75, 3.05) is 20.2 Å². The van der Waals surface area contributed by atoms with Crippen LogP contribution in [0.25, 0.3) is 0 Å². The van der Waals surface area contributed by atoms with Gasteiger partial charge < -0.3 is 9.64 Å². The van der Waals surface area contributed by atoms with Crippen LogP contribution in [0.15, 0.2) is 41.9 Å². The van der Waals surface area contributed by atoms with E-state index in [2.05, 4.69) is 48.9 Å². The SMILES string of the molecule is C=C[C@@]12CN(C)[C@@H]3C[C@@]14C(=Nc1ccccc14)[C@H]1C[C@@H]2[C@@H]3CO1. The molecule has 0 unspecified atom stereocenters. The summed E-state index contributed by atoms with van der Waals surface area (Å²) in [4.78, 5) is 7.70. The van der Waals surface area contributed by atoms with E-state index in [-0.39, 0.29) is 16.9 Å². The van der Waals surface area contributed by atoms with Gasteiger partial charge in [-0.25, -0.2) is 0 Å². The zero-order chi connectivity index (χ0) is 15.4. The van der Waals surface area contributed by atoms with E-state index >= 15 is 0 Å². The van der Waals surface area contributed by atoms with Crippen molar-refractivity contribution in [1.29, 1.82) is 0 Å². The number of nitrogens with zero attached hydrogens (tertiary/aromatic N) is 2. The van der Waals surface area contributed by atoms with Crippen molar-refractivity contribution in [1.82, 2.24) is 4.90 Å². The molecule has 6 aliphatic rings. The lowest BCUT2D eigenvalue weighted by Gasteiger charge is -2.72. The molecule has 3 saturated heterocycles. The van der Waals surface area contributed by atoms with E-state index < -0.39 is 0 Å². The summed E-state index contributed by atoms with van der Waals surface area (Å²) in [6, 6.07) is 9.39. The average Bonchev–Trinajstić information content (AvgIpc) is 2.90. The Morgan fingerprint density at radius 1 is 1.39 bits per heavy atom. The molecular formula is C20H22N2O. The Hall–Kier alpha value is -1.45. The van der Waals surface area contributed by atoms with Gasteiger partial charge in [-0.15, -0.1) is 6.58 Å². The molecule has 0 amide bonds. The van der Waals surface area contributed by atoms with E-state index in [4.69, 9.17) is 9.73 Å². The second-order valence-electron chi connectivity index (χ2n) is 8.18. The molecule has 7 rings (SSSR count). The van der Waals surface area contributed by atoms with Gasteiger partial charge in [-0.1, -0.05) is 24.3 Å². The first kappa shape index (κ1) is 12.9. The molecule has 5 bridgehead atoms. The first-order valence-corrected chi connectivity index (χ1v) is 8.85. The highest BCUT2D eigenvalue weighted by Crippen LogP contribution is 2.70. The van der Waals surface area contributed by atoms with Gasteiger partial charge in [0, 0.05) is 23.9 Å². The number of para-hydroxylation sites is 1. The van der Waals surface area contributed by atoms with E-state index in [1.165, 1.54) is 23.4 Å². The largest absolute Gasteiger partial charge is 0.372 e. The van der Waals surface area contributed by atoms with E-state index in [1.807, 2.05) is 0 Å². The lowest BCUT2D eigenvalue weighted by Crippen LogP contribution is -2.78. The predicted molar refractivity (Wildman–Crippen MR) is 90.2 cm³/mol. The molecule has 1 aromatic rings. The molecule has 5 fully saturated rings. The second kappa shape index (κ2) is 3.79. The minimum absolute atomic E-state index is 0.0347. The van der Waals surface area contributed by atoms with Gasteiger partial charge in [-0.2, -0.15) is 0 Å². The monoisotopic (exact) mass is 306 g/mol. The van der Waals surface area contributed by atoms with Crippen LogP contribution in [0.4, 0.5) is 5.69 Å². The quantitative estimate of drug-likeness (QED) is 0.745. The number of hydrogen-bond acceptors (Lipinski definition) is 3. The maximum absolute atomic E-state index is 6.32. The highest BCUT2D eigenvalue weighted by Gasteiger charge is 2.74. The van der Waals surface area contributed by atoms with Crippen LogP contribution < -0.4 is 0 Å². The van der Waals surface area contributed by atoms with E-state index in [0.29, 0.717) is 17.9 Å². The Kier molecular flexibility index (Phi) is 2.12. The van der Waals surface area contributed by atoms with E-state index in [1.54, 1.807) is 0 Å². The molecule has 0 radical (unpaired) electrons. The van der Waals surface area contributed by atoms with Gasteiger partial charge in [0.1, 0.15) is 0 Å². The molecule has 4 aliphatic heterocycles. The summed E-state index contributed by atoms with van der Waals surface area (Å²) >= 11 is 0. The summed E-state index contributed by atoms with van der Waals surface area (Å²) in [5.41, 5.74) is 4.07. The fourth-order valence-electron chi connectivity index (χ4n) is 6.95. The number of hydrogen-bond donors (Lipinski definition) is 0. The first-order valence-electron chi connectivity index (χ1n) is 8.85. The summed E-state index contributed by atoms with van der Waals surface area (Å²) in [6.07, 6.45) is 4.85. The number of fused-ring (bicyclic) bond motifs is 4. The molecular weight excluding hydrogens is 284 g/mol. The van der Waals surface area contributed by atoms with Gasteiger partial charge in [0.05, 0.1) is 29.5 Å². The van der Waals surface area contributed by atoms with Crippen molar-refractivity contribution < 1.29 is 4.74 Å². The van der Waals surface area contributed by atoms with Gasteiger partial charge in [-0.05, 0) is 37.4 Å². The van der Waals surface area contributed by atoms with Crippen molar-refractivity contribution in [3.05, 3.63) is 42.5 Å². The summed E-state index contributed by atoms with van der Waals surface area (Å²) in [5.74, 6) is 1.35. The second-order valence-corrected chi connectivity index (χ2v) is 8.18. The van der Waals surface area contributed by atoms with Gasteiger partial charge in [0.15, 0.2) is 0 Å². The van der Waals surface area contributed by atoms with Crippen molar-refractivity contribution in [2.24, 2.45) is 22.2 Å². The van der Waals surface area contributed by atoms with Crippen molar-refractivity contribution >= 4 is 11.4 Å². The summed E-state index contributed by atoms with van der Waals surface area (Å²) in [7, 11) is 2.29. The fourth-order valence-corrected chi connectivity index (χ4v) is 6.95. The number of piperidine rings is 2. The molecule has 3 heteroatoms. The normalized spacial score (nSPS) is 48.8. The van der Waals surface area contributed by atoms with Crippen LogP contribution in [-0.2, 0) is 10.2 Å². The van der Waals surface area contributed by atoms with Crippen LogP contribution in [0.5, 0.6) is 0 Å². The van der Waals surface area contributed by atoms with Crippen LogP contribution in [0.1, 0.15) is 18.4 Å². The van der Waals surface area contributed by atoms with E-state index in [9.17, 15) is 0 Å². The zero-order valence-corrected chi connectivity index (χ0v) is 13.5. The first-order chi connectivity index (χ1) is 11.2. The minimum atomic E-state index is 0.0347. The van der Waals surface area contributed by atoms with Crippen LogP contribution in [-0.4, -0.2) is 43.0 Å². The van der Waals surface area contributed by atoms with Crippen LogP contribution in [0.2, 0.25) is 0 Å². The van der Waals surface area contributed by atoms with Crippen LogP contribution >= 0.6 is 0 Å². The maximum atomic E-state index is 6.32. The fraction of sp³-hybridized carbons (Fsp3) is 0.550. The Morgan fingerprint density at radius 3 is 3.13 bits per heavy atom. The topological polar surface area (TPSA) is 24.8 Å². The highest BCUT2D eigenvalue weighted by molar-refractivity contribution is 6.07. The van der Waals surface area contributed by atoms with Crippen molar-refractivity contribution in [3.63, 3.8) is 0 Å². The Balaban J connectivity index is 1.72. The zero-order valence-electron chi connectivity index (χ0n) is 13.5. The van der Waals surface area contributed by atoms with Crippen molar-refractivity contribution in [2.45, 2.75) is 30.4 Å². The molecule has 1 spiro atoms. The molecule has 6 atom stereocenters. The third-order valence-electron chi connectivity index (χ3n) is 7.73. The lowest BCUT2D eigenvalue weighted by atomic mass is 9.38. The third-order valence-corrected chi connectivity index (χ3v) is 7.73. The molecule has 1 aromatic carbocycles. The van der Waals surface area contributed by atoms with E-state index in [0.717, 1.165) is 19.6 Å². The van der Waals surface area contributed by atoms with Crippen molar-refractivity contribution in [3.8, 4) is 0 Å². The van der Waals surface area contributed by atoms with Gasteiger partial charge >= 0.3 is 0 Å². The van der Waals surface area contributed by atoms with Crippen LogP contribution in [0, 0.1) is 17.3 Å². The smallest absolute Gasteiger partial charge is 0.0968 e. The third kappa shape index (κ3) is 1.15. The van der Waals surface area contributed by atoms with Gasteiger partial charge in [-0.3, -0.25) is 4.99 Å². The Bertz CT molecular complexity index is 771. The predicted octanol–water partition coefficient (Wildman–Crippen LogP) is 2.94. The Morgan fingerprint density at radius 2 is 2.26 bits per heavy atom.